The molecule has 0 radical (unpaired) electrons. The number of hydrogen-bond donors (Lipinski definition) is 1. The number of hydrogen-bond acceptors (Lipinski definition) is 3. The van der Waals surface area contributed by atoms with E-state index in [0.717, 1.165) is 0 Å². The van der Waals surface area contributed by atoms with Crippen LogP contribution in [-0.4, -0.2) is 45.6 Å². The van der Waals surface area contributed by atoms with E-state index in [-0.39, 0.29) is 13.2 Å². The fourth-order valence-corrected chi connectivity index (χ4v) is 0.581. The van der Waals surface area contributed by atoms with Gasteiger partial charge in [-0.15, -0.1) is 0 Å². The van der Waals surface area contributed by atoms with Crippen molar-refractivity contribution < 1.29 is 27.4 Å². The van der Waals surface area contributed by atoms with Crippen molar-refractivity contribution in [1.82, 2.24) is 5.32 Å². The number of ether oxygens (including phenoxy) is 2. The third kappa shape index (κ3) is 6.67. The standard InChI is InChI=1S/C7H12F3NO3/c1-13-4-5-14-3-2-11-6(12)7(8,9)10/h2-5H2,1H3,(H,11,12). The van der Waals surface area contributed by atoms with Crippen molar-refractivity contribution in [2.75, 3.05) is 33.5 Å². The van der Waals surface area contributed by atoms with Gasteiger partial charge in [0, 0.05) is 13.7 Å². The molecule has 0 saturated carbocycles. The Hall–Kier alpha value is -0.820. The van der Waals surface area contributed by atoms with Gasteiger partial charge in [0.15, 0.2) is 0 Å². The van der Waals surface area contributed by atoms with Crippen LogP contribution in [0.5, 0.6) is 0 Å². The molecule has 0 fully saturated rings. The smallest absolute Gasteiger partial charge is 0.382 e. The third-order valence-corrected chi connectivity index (χ3v) is 1.22. The fraction of sp³-hybridized carbons (Fsp3) is 0.857. The van der Waals surface area contributed by atoms with Crippen LogP contribution in [0, 0.1) is 0 Å². The first-order valence-electron chi connectivity index (χ1n) is 3.90. The second kappa shape index (κ2) is 6.61. The van der Waals surface area contributed by atoms with Crippen molar-refractivity contribution in [1.29, 1.82) is 0 Å². The van der Waals surface area contributed by atoms with Gasteiger partial charge in [0.1, 0.15) is 0 Å². The van der Waals surface area contributed by atoms with E-state index in [1.54, 1.807) is 5.32 Å². The van der Waals surface area contributed by atoms with Gasteiger partial charge < -0.3 is 14.8 Å². The van der Waals surface area contributed by atoms with Crippen molar-refractivity contribution in [3.63, 3.8) is 0 Å². The molecule has 0 aromatic heterocycles. The van der Waals surface area contributed by atoms with Crippen molar-refractivity contribution >= 4 is 5.91 Å². The van der Waals surface area contributed by atoms with Crippen molar-refractivity contribution in [3.05, 3.63) is 0 Å². The lowest BCUT2D eigenvalue weighted by Gasteiger charge is -2.07. The predicted molar refractivity (Wildman–Crippen MR) is 41.8 cm³/mol. The van der Waals surface area contributed by atoms with E-state index in [1.165, 1.54) is 7.11 Å². The van der Waals surface area contributed by atoms with Gasteiger partial charge in [-0.1, -0.05) is 0 Å². The van der Waals surface area contributed by atoms with Crippen LogP contribution in [0.1, 0.15) is 0 Å². The first-order chi connectivity index (χ1) is 6.48. The molecule has 7 heteroatoms. The van der Waals surface area contributed by atoms with Gasteiger partial charge in [-0.2, -0.15) is 13.2 Å². The zero-order valence-electron chi connectivity index (χ0n) is 7.69. The predicted octanol–water partition coefficient (Wildman–Crippen LogP) is 0.328. The Morgan fingerprint density at radius 2 is 1.93 bits per heavy atom. The Bertz CT molecular complexity index is 172. The number of alkyl halides is 3. The number of rotatable bonds is 6. The summed E-state index contributed by atoms with van der Waals surface area (Å²) in [7, 11) is 1.48. The monoisotopic (exact) mass is 215 g/mol. The highest BCUT2D eigenvalue weighted by Gasteiger charge is 2.38. The molecule has 0 aliphatic heterocycles. The Morgan fingerprint density at radius 3 is 2.43 bits per heavy atom. The van der Waals surface area contributed by atoms with Crippen molar-refractivity contribution in [2.24, 2.45) is 0 Å². The van der Waals surface area contributed by atoms with Crippen LogP contribution in [0.25, 0.3) is 0 Å². The molecule has 14 heavy (non-hydrogen) atoms. The van der Waals surface area contributed by atoms with E-state index in [4.69, 9.17) is 4.74 Å². The van der Waals surface area contributed by atoms with Crippen LogP contribution in [0.2, 0.25) is 0 Å². The van der Waals surface area contributed by atoms with Crippen molar-refractivity contribution in [2.45, 2.75) is 6.18 Å². The number of halogens is 3. The molecule has 0 aliphatic carbocycles. The summed E-state index contributed by atoms with van der Waals surface area (Å²) in [5, 5.41) is 1.67. The number of nitrogens with one attached hydrogen (secondary N) is 1. The summed E-state index contributed by atoms with van der Waals surface area (Å²) in [6.45, 7) is 0.527. The van der Waals surface area contributed by atoms with E-state index in [0.29, 0.717) is 13.2 Å². The molecule has 1 N–H and O–H groups in total. The van der Waals surface area contributed by atoms with Gasteiger partial charge in [0.05, 0.1) is 19.8 Å². The van der Waals surface area contributed by atoms with E-state index in [9.17, 15) is 18.0 Å². The van der Waals surface area contributed by atoms with Gasteiger partial charge >= 0.3 is 12.1 Å². The minimum atomic E-state index is -4.83. The van der Waals surface area contributed by atoms with Gasteiger partial charge in [0.25, 0.3) is 0 Å². The van der Waals surface area contributed by atoms with Crippen molar-refractivity contribution in [3.8, 4) is 0 Å². The highest BCUT2D eigenvalue weighted by Crippen LogP contribution is 2.13. The molecule has 0 heterocycles. The van der Waals surface area contributed by atoms with Crippen LogP contribution in [0.3, 0.4) is 0 Å². The largest absolute Gasteiger partial charge is 0.471 e. The Balaban J connectivity index is 3.33. The number of amides is 1. The minimum Gasteiger partial charge on any atom is -0.382 e. The normalized spacial score (nSPS) is 11.4. The lowest BCUT2D eigenvalue weighted by molar-refractivity contribution is -0.173. The second-order valence-corrected chi connectivity index (χ2v) is 2.36. The maximum atomic E-state index is 11.6. The second-order valence-electron chi connectivity index (χ2n) is 2.36. The number of carbonyl (C=O) groups is 1. The van der Waals surface area contributed by atoms with E-state index in [1.807, 2.05) is 0 Å². The first kappa shape index (κ1) is 13.2. The number of carbonyl (C=O) groups excluding carboxylic acids is 1. The zero-order chi connectivity index (χ0) is 11.0. The average Bonchev–Trinajstić information content (AvgIpc) is 2.09. The SMILES string of the molecule is COCCOCCNC(=O)C(F)(F)F. The molecule has 0 bridgehead atoms. The van der Waals surface area contributed by atoms with E-state index in [2.05, 4.69) is 4.74 Å². The Kier molecular flexibility index (Phi) is 6.22. The summed E-state index contributed by atoms with van der Waals surface area (Å²) < 4.78 is 44.3. The quantitative estimate of drug-likeness (QED) is 0.649. The van der Waals surface area contributed by atoms with Crippen LogP contribution in [0.15, 0.2) is 0 Å². The lowest BCUT2D eigenvalue weighted by Crippen LogP contribution is -2.38. The molecule has 0 saturated heterocycles. The molecule has 0 unspecified atom stereocenters. The first-order valence-corrected chi connectivity index (χ1v) is 3.90. The summed E-state index contributed by atoms with van der Waals surface area (Å²) >= 11 is 0. The third-order valence-electron chi connectivity index (χ3n) is 1.22. The zero-order valence-corrected chi connectivity index (χ0v) is 7.69. The molecule has 4 nitrogen and oxygen atoms in total. The van der Waals surface area contributed by atoms with Crippen LogP contribution in [0.4, 0.5) is 13.2 Å². The lowest BCUT2D eigenvalue weighted by atomic mass is 10.5. The maximum absolute atomic E-state index is 11.6. The van der Waals surface area contributed by atoms with Gasteiger partial charge in [0.2, 0.25) is 0 Å². The van der Waals surface area contributed by atoms with Crippen LogP contribution in [-0.2, 0) is 14.3 Å². The maximum Gasteiger partial charge on any atom is 0.471 e. The van der Waals surface area contributed by atoms with Crippen LogP contribution < -0.4 is 5.32 Å². The summed E-state index contributed by atoms with van der Waals surface area (Å²) in [6, 6.07) is 0. The molecule has 0 aromatic carbocycles. The Morgan fingerprint density at radius 1 is 1.29 bits per heavy atom. The molecule has 0 aliphatic rings. The van der Waals surface area contributed by atoms with E-state index >= 15 is 0 Å². The number of methoxy groups -OCH3 is 1. The summed E-state index contributed by atoms with van der Waals surface area (Å²) in [5.41, 5.74) is 0. The molecular formula is C7H12F3NO3. The molecule has 0 rings (SSSR count). The molecular weight excluding hydrogens is 203 g/mol. The molecule has 0 atom stereocenters. The summed E-state index contributed by atoms with van der Waals surface area (Å²) in [4.78, 5) is 10.2. The highest BCUT2D eigenvalue weighted by atomic mass is 19.4. The molecule has 84 valence electrons. The molecule has 1 amide bonds. The molecule has 0 spiro atoms. The average molecular weight is 215 g/mol. The highest BCUT2D eigenvalue weighted by molar-refractivity contribution is 5.81. The Labute approximate surface area is 79.4 Å². The topological polar surface area (TPSA) is 47.6 Å². The summed E-state index contributed by atoms with van der Waals surface area (Å²) in [5.74, 6) is -1.95. The van der Waals surface area contributed by atoms with Gasteiger partial charge in [-0.05, 0) is 0 Å². The fourth-order valence-electron chi connectivity index (χ4n) is 0.581. The van der Waals surface area contributed by atoms with E-state index < -0.39 is 12.1 Å². The van der Waals surface area contributed by atoms with Gasteiger partial charge in [-0.3, -0.25) is 4.79 Å². The van der Waals surface area contributed by atoms with Gasteiger partial charge in [-0.25, -0.2) is 0 Å². The summed E-state index contributed by atoms with van der Waals surface area (Å²) in [6.07, 6.45) is -4.83. The molecule has 0 aromatic rings. The van der Waals surface area contributed by atoms with Crippen LogP contribution >= 0.6 is 0 Å². The minimum absolute atomic E-state index is 0.0329.